The number of ether oxygens (including phenoxy) is 2. The summed E-state index contributed by atoms with van der Waals surface area (Å²) >= 11 is 0. The van der Waals surface area contributed by atoms with E-state index in [0.29, 0.717) is 0 Å². The van der Waals surface area contributed by atoms with E-state index in [-0.39, 0.29) is 5.57 Å². The summed E-state index contributed by atoms with van der Waals surface area (Å²) in [6, 6.07) is -1.30. The predicted octanol–water partition coefficient (Wildman–Crippen LogP) is -5.06. The molecule has 0 unspecified atom stereocenters. The fraction of sp³-hybridized carbons (Fsp3) is 0.812. The number of aliphatic hydroxyl groups excluding tert-OH is 8. The maximum absolute atomic E-state index is 11.6. The number of hydrogen-bond donors (Lipinski definition) is 9. The number of carbonyl (C=O) groups excluding carboxylic acids is 1. The van der Waals surface area contributed by atoms with Gasteiger partial charge in [-0.05, 0) is 6.92 Å². The Bertz CT molecular complexity index is 517. The first-order valence-electron chi connectivity index (χ1n) is 8.58. The highest BCUT2D eigenvalue weighted by atomic mass is 16.7. The zero-order valence-electron chi connectivity index (χ0n) is 15.3. The van der Waals surface area contributed by atoms with Crippen LogP contribution >= 0.6 is 0 Å². The van der Waals surface area contributed by atoms with Gasteiger partial charge in [0.1, 0.15) is 42.7 Å². The van der Waals surface area contributed by atoms with Crippen LogP contribution in [0.5, 0.6) is 0 Å². The van der Waals surface area contributed by atoms with Gasteiger partial charge in [-0.15, -0.1) is 0 Å². The Morgan fingerprint density at radius 2 is 1.71 bits per heavy atom. The minimum atomic E-state index is -1.87. The van der Waals surface area contributed by atoms with E-state index in [1.165, 1.54) is 6.92 Å². The Hall–Kier alpha value is -1.19. The highest BCUT2D eigenvalue weighted by Gasteiger charge is 2.44. The summed E-state index contributed by atoms with van der Waals surface area (Å²) in [7, 11) is 0. The van der Waals surface area contributed by atoms with Crippen molar-refractivity contribution >= 4 is 5.91 Å². The van der Waals surface area contributed by atoms with Gasteiger partial charge in [-0.3, -0.25) is 4.79 Å². The average Bonchev–Trinajstić information content (AvgIpc) is 2.67. The van der Waals surface area contributed by atoms with Crippen molar-refractivity contribution in [1.29, 1.82) is 0 Å². The molecule has 1 saturated heterocycles. The van der Waals surface area contributed by atoms with Gasteiger partial charge in [0.15, 0.2) is 6.29 Å². The van der Waals surface area contributed by atoms with E-state index >= 15 is 0 Å². The molecule has 12 nitrogen and oxygen atoms in total. The van der Waals surface area contributed by atoms with Crippen LogP contribution in [0.2, 0.25) is 0 Å². The van der Waals surface area contributed by atoms with Crippen LogP contribution in [0.1, 0.15) is 6.92 Å². The summed E-state index contributed by atoms with van der Waals surface area (Å²) < 4.78 is 10.1. The van der Waals surface area contributed by atoms with Gasteiger partial charge < -0.3 is 55.6 Å². The molecule has 1 fully saturated rings. The molecule has 1 aliphatic heterocycles. The fourth-order valence-electron chi connectivity index (χ4n) is 2.49. The third kappa shape index (κ3) is 6.15. The monoisotopic (exact) mass is 411 g/mol. The van der Waals surface area contributed by atoms with Gasteiger partial charge in [0.2, 0.25) is 5.91 Å². The average molecular weight is 411 g/mol. The molecule has 1 aliphatic rings. The Morgan fingerprint density at radius 1 is 1.11 bits per heavy atom. The van der Waals surface area contributed by atoms with E-state index in [9.17, 15) is 40.5 Å². The minimum Gasteiger partial charge on any atom is -0.394 e. The molecule has 0 aromatic carbocycles. The van der Waals surface area contributed by atoms with Gasteiger partial charge in [0, 0.05) is 5.57 Å². The van der Waals surface area contributed by atoms with E-state index in [1.807, 2.05) is 0 Å². The first kappa shape index (κ1) is 24.8. The van der Waals surface area contributed by atoms with E-state index < -0.39 is 80.8 Å². The lowest BCUT2D eigenvalue weighted by Crippen LogP contribution is -2.60. The fourth-order valence-corrected chi connectivity index (χ4v) is 2.49. The Morgan fingerprint density at radius 3 is 2.21 bits per heavy atom. The smallest absolute Gasteiger partial charge is 0.246 e. The zero-order valence-corrected chi connectivity index (χ0v) is 15.3. The number of amides is 1. The molecule has 0 aromatic heterocycles. The topological polar surface area (TPSA) is 209 Å². The second-order valence-electron chi connectivity index (χ2n) is 6.62. The summed E-state index contributed by atoms with van der Waals surface area (Å²) in [5.41, 5.74) is 0.103. The van der Waals surface area contributed by atoms with Crippen molar-refractivity contribution in [2.45, 2.75) is 62.0 Å². The molecule has 12 heteroatoms. The number of aliphatic hydroxyl groups is 8. The van der Waals surface area contributed by atoms with E-state index in [1.54, 1.807) is 0 Å². The highest BCUT2D eigenvalue weighted by molar-refractivity contribution is 5.92. The second-order valence-corrected chi connectivity index (χ2v) is 6.62. The predicted molar refractivity (Wildman–Crippen MR) is 91.6 cm³/mol. The van der Waals surface area contributed by atoms with Crippen LogP contribution in [-0.2, 0) is 14.3 Å². The Kier molecular flexibility index (Phi) is 9.86. The molecule has 0 bridgehead atoms. The van der Waals surface area contributed by atoms with Crippen LogP contribution < -0.4 is 5.32 Å². The van der Waals surface area contributed by atoms with Crippen LogP contribution in [0.15, 0.2) is 12.2 Å². The number of nitrogens with one attached hydrogen (secondary N) is 1. The van der Waals surface area contributed by atoms with E-state index in [0.717, 1.165) is 0 Å². The third-order valence-corrected chi connectivity index (χ3v) is 4.34. The maximum Gasteiger partial charge on any atom is 0.246 e. The molecule has 0 aliphatic carbocycles. The van der Waals surface area contributed by atoms with Gasteiger partial charge in [-0.2, -0.15) is 0 Å². The molecule has 0 saturated carbocycles. The van der Waals surface area contributed by atoms with Crippen molar-refractivity contribution in [2.75, 3.05) is 19.8 Å². The van der Waals surface area contributed by atoms with E-state index in [4.69, 9.17) is 14.6 Å². The summed E-state index contributed by atoms with van der Waals surface area (Å²) in [6.07, 6.45) is -13.1. The molecule has 1 heterocycles. The van der Waals surface area contributed by atoms with Crippen molar-refractivity contribution < 1.29 is 55.1 Å². The molecule has 0 spiro atoms. The molecule has 0 aromatic rings. The maximum atomic E-state index is 11.6. The Balaban J connectivity index is 2.64. The molecule has 0 radical (unpaired) electrons. The van der Waals surface area contributed by atoms with E-state index in [2.05, 4.69) is 11.9 Å². The van der Waals surface area contributed by atoms with Crippen LogP contribution in [0.25, 0.3) is 0 Å². The molecule has 28 heavy (non-hydrogen) atoms. The molecular formula is C16H29NO11. The van der Waals surface area contributed by atoms with Crippen molar-refractivity contribution in [2.24, 2.45) is 0 Å². The van der Waals surface area contributed by atoms with Crippen molar-refractivity contribution in [3.63, 3.8) is 0 Å². The van der Waals surface area contributed by atoms with Crippen molar-refractivity contribution in [3.05, 3.63) is 12.2 Å². The molecule has 1 amide bonds. The zero-order chi connectivity index (χ0) is 21.6. The molecule has 9 N–H and O–H groups in total. The van der Waals surface area contributed by atoms with Crippen LogP contribution in [0.4, 0.5) is 0 Å². The van der Waals surface area contributed by atoms with Crippen molar-refractivity contribution in [1.82, 2.24) is 5.32 Å². The summed E-state index contributed by atoms with van der Waals surface area (Å²) in [4.78, 5) is 11.6. The lowest BCUT2D eigenvalue weighted by molar-refractivity contribution is -0.306. The van der Waals surface area contributed by atoms with Crippen molar-refractivity contribution in [3.8, 4) is 0 Å². The van der Waals surface area contributed by atoms with Crippen LogP contribution in [-0.4, -0.2) is 122 Å². The lowest BCUT2D eigenvalue weighted by Gasteiger charge is -2.40. The number of hydrogen-bond acceptors (Lipinski definition) is 11. The first-order chi connectivity index (χ1) is 13.0. The Labute approximate surface area is 161 Å². The molecule has 9 atom stereocenters. The van der Waals surface area contributed by atoms with Crippen LogP contribution in [0, 0.1) is 0 Å². The largest absolute Gasteiger partial charge is 0.394 e. The van der Waals surface area contributed by atoms with Crippen LogP contribution in [0.3, 0.4) is 0 Å². The third-order valence-electron chi connectivity index (χ3n) is 4.34. The highest BCUT2D eigenvalue weighted by Crippen LogP contribution is 2.22. The first-order valence-corrected chi connectivity index (χ1v) is 8.58. The quantitative estimate of drug-likeness (QED) is 0.155. The number of carbonyl (C=O) groups is 1. The van der Waals surface area contributed by atoms with Gasteiger partial charge in [-0.1, -0.05) is 6.58 Å². The SMILES string of the molecule is C=C(C)C(=O)N[C@H](CO)[C@@H](O)[C@H](O)[C@H](O)CO[C@H]1O[C@H](CO)[C@@H](O)[C@H](O)[C@H]1O. The summed E-state index contributed by atoms with van der Waals surface area (Å²) in [5.74, 6) is -0.669. The van der Waals surface area contributed by atoms with Gasteiger partial charge >= 0.3 is 0 Å². The standard InChI is InChI=1S/C16H29NO11/c1-6(2)15(26)17-7(3-18)10(21)11(22)8(20)5-27-16-14(25)13(24)12(23)9(4-19)28-16/h7-14,16,18-25H,1,3-5H2,2H3,(H,17,26)/t7-,8-,9-,10-,11-,12-,13+,14-,16+/m1/s1. The number of rotatable bonds is 10. The minimum absolute atomic E-state index is 0.103. The lowest BCUT2D eigenvalue weighted by atomic mass is 9.99. The molecule has 1 rings (SSSR count). The van der Waals surface area contributed by atoms with Gasteiger partial charge in [0.05, 0.1) is 25.9 Å². The van der Waals surface area contributed by atoms with Gasteiger partial charge in [-0.25, -0.2) is 0 Å². The normalized spacial score (nSPS) is 32.2. The summed E-state index contributed by atoms with van der Waals surface area (Å²) in [6.45, 7) is 2.70. The molecular weight excluding hydrogens is 382 g/mol. The molecule has 164 valence electrons. The second kappa shape index (κ2) is 11.1. The van der Waals surface area contributed by atoms with Gasteiger partial charge in [0.25, 0.3) is 0 Å². The summed E-state index contributed by atoms with van der Waals surface area (Å²) in [5, 5.41) is 79.9.